The summed E-state index contributed by atoms with van der Waals surface area (Å²) in [6, 6.07) is 5.04. The van der Waals surface area contributed by atoms with Crippen molar-refractivity contribution in [1.82, 2.24) is 5.32 Å². The fourth-order valence-corrected chi connectivity index (χ4v) is 2.79. The summed E-state index contributed by atoms with van der Waals surface area (Å²) < 4.78 is 42.5. The van der Waals surface area contributed by atoms with Crippen LogP contribution in [0.5, 0.6) is 5.75 Å². The Morgan fingerprint density at radius 1 is 1.43 bits per heavy atom. The number of rotatable bonds is 3. The summed E-state index contributed by atoms with van der Waals surface area (Å²) >= 11 is 3.19. The van der Waals surface area contributed by atoms with Crippen LogP contribution < -0.4 is 15.0 Å². The predicted octanol–water partition coefficient (Wildman–Crippen LogP) is 3.93. The first-order chi connectivity index (χ1) is 9.89. The Morgan fingerprint density at radius 3 is 2.86 bits per heavy atom. The average molecular weight is 367 g/mol. The Balaban J connectivity index is 2.28. The summed E-state index contributed by atoms with van der Waals surface area (Å²) in [4.78, 5) is 1.96. The lowest BCUT2D eigenvalue weighted by atomic mass is 10.2. The van der Waals surface area contributed by atoms with Crippen molar-refractivity contribution in [3.63, 3.8) is 0 Å². The summed E-state index contributed by atoms with van der Waals surface area (Å²) in [6.45, 7) is 4.32. The smallest absolute Gasteiger partial charge is 0.404 e. The molecule has 1 heterocycles. The van der Waals surface area contributed by atoms with Crippen LogP contribution in [0.15, 0.2) is 22.7 Å². The van der Waals surface area contributed by atoms with Crippen LogP contribution in [-0.2, 0) is 0 Å². The van der Waals surface area contributed by atoms with E-state index in [1.807, 2.05) is 4.90 Å². The summed E-state index contributed by atoms with van der Waals surface area (Å²) in [6.07, 6.45) is -2.87. The van der Waals surface area contributed by atoms with Crippen LogP contribution in [0.3, 0.4) is 0 Å². The summed E-state index contributed by atoms with van der Waals surface area (Å²) in [7, 11) is 0. The SMILES string of the molecule is CCC1CN(c2ccc(Br)cc2OC(F)(F)F)CCCN1. The highest BCUT2D eigenvalue weighted by Crippen LogP contribution is 2.35. The molecule has 1 aromatic carbocycles. The number of ether oxygens (including phenoxy) is 1. The van der Waals surface area contributed by atoms with Crippen molar-refractivity contribution in [1.29, 1.82) is 0 Å². The Kier molecular flexibility index (Phi) is 5.37. The topological polar surface area (TPSA) is 24.5 Å². The Hall–Kier alpha value is -0.950. The standard InChI is InChI=1S/C14H18BrF3N2O/c1-2-11-9-20(7-3-6-19-11)12-5-4-10(15)8-13(12)21-14(16,17)18/h4-5,8,11,19H,2-3,6-7,9H2,1H3. The van der Waals surface area contributed by atoms with E-state index in [-0.39, 0.29) is 11.8 Å². The van der Waals surface area contributed by atoms with Gasteiger partial charge in [0, 0.05) is 23.6 Å². The second kappa shape index (κ2) is 6.87. The number of benzene rings is 1. The zero-order valence-corrected chi connectivity index (χ0v) is 13.3. The van der Waals surface area contributed by atoms with Crippen molar-refractivity contribution in [3.8, 4) is 5.75 Å². The van der Waals surface area contributed by atoms with E-state index in [0.717, 1.165) is 19.4 Å². The minimum absolute atomic E-state index is 0.159. The van der Waals surface area contributed by atoms with E-state index in [9.17, 15) is 13.2 Å². The van der Waals surface area contributed by atoms with E-state index in [2.05, 4.69) is 32.9 Å². The van der Waals surface area contributed by atoms with Crippen molar-refractivity contribution < 1.29 is 17.9 Å². The van der Waals surface area contributed by atoms with Crippen LogP contribution in [0.2, 0.25) is 0 Å². The van der Waals surface area contributed by atoms with Crippen LogP contribution >= 0.6 is 15.9 Å². The number of nitrogens with one attached hydrogen (secondary N) is 1. The Bertz CT molecular complexity index is 482. The molecule has 0 bridgehead atoms. The van der Waals surface area contributed by atoms with E-state index in [0.29, 0.717) is 23.2 Å². The van der Waals surface area contributed by atoms with Gasteiger partial charge < -0.3 is 15.0 Å². The zero-order chi connectivity index (χ0) is 15.5. The highest BCUT2D eigenvalue weighted by Gasteiger charge is 2.33. The van der Waals surface area contributed by atoms with Gasteiger partial charge in [0.2, 0.25) is 0 Å². The second-order valence-corrected chi connectivity index (χ2v) is 5.93. The molecule has 0 saturated carbocycles. The number of nitrogens with zero attached hydrogens (tertiary/aromatic N) is 1. The van der Waals surface area contributed by atoms with E-state index >= 15 is 0 Å². The molecule has 21 heavy (non-hydrogen) atoms. The molecule has 1 N–H and O–H groups in total. The van der Waals surface area contributed by atoms with Gasteiger partial charge in [-0.15, -0.1) is 13.2 Å². The number of alkyl halides is 3. The molecule has 1 unspecified atom stereocenters. The molecule has 0 aromatic heterocycles. The van der Waals surface area contributed by atoms with Gasteiger partial charge in [0.1, 0.15) is 0 Å². The fourth-order valence-electron chi connectivity index (χ4n) is 2.45. The number of hydrogen-bond acceptors (Lipinski definition) is 3. The van der Waals surface area contributed by atoms with E-state index in [4.69, 9.17) is 0 Å². The highest BCUT2D eigenvalue weighted by molar-refractivity contribution is 9.10. The van der Waals surface area contributed by atoms with Gasteiger partial charge in [-0.3, -0.25) is 0 Å². The van der Waals surface area contributed by atoms with Crippen molar-refractivity contribution in [2.24, 2.45) is 0 Å². The molecule has 0 aliphatic carbocycles. The van der Waals surface area contributed by atoms with E-state index < -0.39 is 6.36 Å². The number of hydrogen-bond donors (Lipinski definition) is 1. The highest BCUT2D eigenvalue weighted by atomic mass is 79.9. The van der Waals surface area contributed by atoms with Crippen LogP contribution in [0, 0.1) is 0 Å². The van der Waals surface area contributed by atoms with Crippen molar-refractivity contribution in [2.75, 3.05) is 24.5 Å². The fraction of sp³-hybridized carbons (Fsp3) is 0.571. The quantitative estimate of drug-likeness (QED) is 0.877. The maximum atomic E-state index is 12.6. The monoisotopic (exact) mass is 366 g/mol. The van der Waals surface area contributed by atoms with Crippen LogP contribution in [0.25, 0.3) is 0 Å². The molecule has 3 nitrogen and oxygen atoms in total. The molecule has 1 aliphatic rings. The molecule has 1 aromatic rings. The van der Waals surface area contributed by atoms with Gasteiger partial charge in [-0.1, -0.05) is 22.9 Å². The minimum Gasteiger partial charge on any atom is -0.404 e. The Morgan fingerprint density at radius 2 is 2.19 bits per heavy atom. The maximum Gasteiger partial charge on any atom is 0.573 e. The lowest BCUT2D eigenvalue weighted by molar-refractivity contribution is -0.274. The second-order valence-electron chi connectivity index (χ2n) is 5.02. The molecule has 1 fully saturated rings. The molecule has 1 atom stereocenters. The zero-order valence-electron chi connectivity index (χ0n) is 11.7. The summed E-state index contributed by atoms with van der Waals surface area (Å²) in [5.41, 5.74) is 0.484. The van der Waals surface area contributed by atoms with Gasteiger partial charge >= 0.3 is 6.36 Å². The first-order valence-corrected chi connectivity index (χ1v) is 7.72. The molecular weight excluding hydrogens is 349 g/mol. The van der Waals surface area contributed by atoms with Gasteiger partial charge in [0.05, 0.1) is 5.69 Å². The molecule has 118 valence electrons. The molecule has 0 amide bonds. The molecule has 1 aliphatic heterocycles. The third kappa shape index (κ3) is 4.78. The third-order valence-corrected chi connectivity index (χ3v) is 3.95. The van der Waals surface area contributed by atoms with Crippen molar-refractivity contribution >= 4 is 21.6 Å². The predicted molar refractivity (Wildman–Crippen MR) is 79.7 cm³/mol. The van der Waals surface area contributed by atoms with Gasteiger partial charge in [-0.25, -0.2) is 0 Å². The number of halogens is 4. The molecule has 2 rings (SSSR count). The molecule has 0 spiro atoms. The summed E-state index contributed by atoms with van der Waals surface area (Å²) in [5, 5.41) is 3.40. The van der Waals surface area contributed by atoms with E-state index in [1.165, 1.54) is 6.07 Å². The average Bonchev–Trinajstić information content (AvgIpc) is 2.62. The lowest BCUT2D eigenvalue weighted by Crippen LogP contribution is -2.37. The van der Waals surface area contributed by atoms with Crippen molar-refractivity contribution in [3.05, 3.63) is 22.7 Å². The molecule has 7 heteroatoms. The largest absolute Gasteiger partial charge is 0.573 e. The van der Waals surface area contributed by atoms with Crippen molar-refractivity contribution in [2.45, 2.75) is 32.2 Å². The normalized spacial score (nSPS) is 20.2. The molecular formula is C14H18BrF3N2O. The first-order valence-electron chi connectivity index (χ1n) is 6.92. The van der Waals surface area contributed by atoms with Crippen LogP contribution in [0.4, 0.5) is 18.9 Å². The molecule has 1 saturated heterocycles. The Labute approximate surface area is 130 Å². The first kappa shape index (κ1) is 16.4. The van der Waals surface area contributed by atoms with E-state index in [1.54, 1.807) is 12.1 Å². The van der Waals surface area contributed by atoms with Gasteiger partial charge in [0.25, 0.3) is 0 Å². The maximum absolute atomic E-state index is 12.6. The molecule has 0 radical (unpaired) electrons. The minimum atomic E-state index is -4.69. The van der Waals surface area contributed by atoms with Gasteiger partial charge in [-0.2, -0.15) is 0 Å². The van der Waals surface area contributed by atoms with Crippen LogP contribution in [0.1, 0.15) is 19.8 Å². The third-order valence-electron chi connectivity index (χ3n) is 3.46. The lowest BCUT2D eigenvalue weighted by Gasteiger charge is -2.28. The van der Waals surface area contributed by atoms with Gasteiger partial charge in [0.15, 0.2) is 5.75 Å². The van der Waals surface area contributed by atoms with Gasteiger partial charge in [-0.05, 0) is 37.6 Å². The van der Waals surface area contributed by atoms with Crippen LogP contribution in [-0.4, -0.2) is 32.0 Å². The number of anilines is 1. The summed E-state index contributed by atoms with van der Waals surface area (Å²) in [5.74, 6) is -0.159.